The van der Waals surface area contributed by atoms with Crippen molar-refractivity contribution in [1.29, 1.82) is 0 Å². The number of nitrogens with zero attached hydrogens (tertiary/aromatic N) is 1. The van der Waals surface area contributed by atoms with Gasteiger partial charge in [-0.3, -0.25) is 4.79 Å². The summed E-state index contributed by atoms with van der Waals surface area (Å²) in [5.74, 6) is 1.14. The Morgan fingerprint density at radius 2 is 1.56 bits per heavy atom. The second-order valence-electron chi connectivity index (χ2n) is 7.25. The summed E-state index contributed by atoms with van der Waals surface area (Å²) in [4.78, 5) is 14.5. The molecule has 0 saturated heterocycles. The van der Waals surface area contributed by atoms with Gasteiger partial charge >= 0.3 is 0 Å². The molecule has 0 aromatic rings. The molecule has 0 aromatic carbocycles. The van der Waals surface area contributed by atoms with Crippen LogP contribution in [0, 0.1) is 17.3 Å². The molecular formula is C14H27NO. The van der Waals surface area contributed by atoms with Crippen molar-refractivity contribution in [3.05, 3.63) is 0 Å². The van der Waals surface area contributed by atoms with Crippen molar-refractivity contribution in [2.45, 2.75) is 59.9 Å². The molecule has 1 amide bonds. The van der Waals surface area contributed by atoms with Crippen LogP contribution in [0.1, 0.15) is 54.4 Å². The Morgan fingerprint density at radius 3 is 1.81 bits per heavy atom. The highest BCUT2D eigenvalue weighted by atomic mass is 16.2. The average molecular weight is 225 g/mol. The predicted molar refractivity (Wildman–Crippen MR) is 68.2 cm³/mol. The van der Waals surface area contributed by atoms with Gasteiger partial charge in [-0.1, -0.05) is 20.8 Å². The summed E-state index contributed by atoms with van der Waals surface area (Å²) in [6.07, 6.45) is 2.46. The highest BCUT2D eigenvalue weighted by molar-refractivity contribution is 5.80. The van der Waals surface area contributed by atoms with Gasteiger partial charge < -0.3 is 4.90 Å². The van der Waals surface area contributed by atoms with Crippen LogP contribution in [-0.4, -0.2) is 23.4 Å². The first-order valence-corrected chi connectivity index (χ1v) is 6.33. The Balaban J connectivity index is 2.84. The molecule has 1 aliphatic carbocycles. The average Bonchev–Trinajstić information content (AvgIpc) is 2.82. The van der Waals surface area contributed by atoms with Crippen LogP contribution in [0.5, 0.6) is 0 Å². The summed E-state index contributed by atoms with van der Waals surface area (Å²) in [5, 5.41) is 0. The van der Waals surface area contributed by atoms with E-state index in [0.29, 0.717) is 11.8 Å². The summed E-state index contributed by atoms with van der Waals surface area (Å²) >= 11 is 0. The number of carbonyl (C=O) groups excluding carboxylic acids is 1. The Morgan fingerprint density at radius 1 is 1.12 bits per heavy atom. The molecule has 1 saturated carbocycles. The largest absolute Gasteiger partial charge is 0.341 e. The van der Waals surface area contributed by atoms with Gasteiger partial charge in [0.05, 0.1) is 0 Å². The van der Waals surface area contributed by atoms with E-state index in [9.17, 15) is 4.79 Å². The van der Waals surface area contributed by atoms with Crippen molar-refractivity contribution in [3.63, 3.8) is 0 Å². The van der Waals surface area contributed by atoms with Gasteiger partial charge in [0.1, 0.15) is 0 Å². The normalized spacial score (nSPS) is 19.4. The summed E-state index contributed by atoms with van der Waals surface area (Å²) in [6, 6.07) is 0. The fourth-order valence-electron chi connectivity index (χ4n) is 2.25. The topological polar surface area (TPSA) is 20.3 Å². The molecule has 0 heterocycles. The molecule has 94 valence electrons. The quantitative estimate of drug-likeness (QED) is 0.706. The summed E-state index contributed by atoms with van der Waals surface area (Å²) < 4.78 is 0. The van der Waals surface area contributed by atoms with Gasteiger partial charge in [-0.05, 0) is 44.9 Å². The van der Waals surface area contributed by atoms with Gasteiger partial charge in [0, 0.05) is 18.5 Å². The molecule has 1 aliphatic rings. The lowest BCUT2D eigenvalue weighted by atomic mass is 9.76. The van der Waals surface area contributed by atoms with Crippen molar-refractivity contribution in [3.8, 4) is 0 Å². The first-order valence-electron chi connectivity index (χ1n) is 6.33. The summed E-state index contributed by atoms with van der Waals surface area (Å²) in [5.41, 5.74) is 0.00718. The number of hydrogen-bond acceptors (Lipinski definition) is 1. The number of rotatable bonds is 2. The van der Waals surface area contributed by atoms with Crippen molar-refractivity contribution in [2.24, 2.45) is 17.3 Å². The van der Waals surface area contributed by atoms with Crippen molar-refractivity contribution in [1.82, 2.24) is 4.90 Å². The zero-order valence-corrected chi connectivity index (χ0v) is 11.9. The van der Waals surface area contributed by atoms with E-state index in [1.54, 1.807) is 0 Å². The second-order valence-corrected chi connectivity index (χ2v) is 7.25. The van der Waals surface area contributed by atoms with E-state index < -0.39 is 0 Å². The van der Waals surface area contributed by atoms with E-state index >= 15 is 0 Å². The fourth-order valence-corrected chi connectivity index (χ4v) is 2.25. The third-order valence-corrected chi connectivity index (χ3v) is 3.63. The maximum Gasteiger partial charge on any atom is 0.226 e. The first kappa shape index (κ1) is 13.5. The Labute approximate surface area is 100 Å². The smallest absolute Gasteiger partial charge is 0.226 e. The molecule has 0 aliphatic heterocycles. The van der Waals surface area contributed by atoms with Crippen LogP contribution in [0.25, 0.3) is 0 Å². The van der Waals surface area contributed by atoms with Gasteiger partial charge in [-0.25, -0.2) is 0 Å². The van der Waals surface area contributed by atoms with Crippen LogP contribution in [-0.2, 0) is 4.79 Å². The minimum atomic E-state index is -0.0739. The van der Waals surface area contributed by atoms with Gasteiger partial charge in [-0.15, -0.1) is 0 Å². The summed E-state index contributed by atoms with van der Waals surface area (Å²) in [7, 11) is 1.93. The predicted octanol–water partition coefficient (Wildman–Crippen LogP) is 3.32. The monoisotopic (exact) mass is 225 g/mol. The van der Waals surface area contributed by atoms with E-state index in [4.69, 9.17) is 0 Å². The van der Waals surface area contributed by atoms with E-state index in [1.165, 1.54) is 12.8 Å². The molecule has 16 heavy (non-hydrogen) atoms. The molecule has 2 nitrogen and oxygen atoms in total. The van der Waals surface area contributed by atoms with Crippen LogP contribution in [0.2, 0.25) is 0 Å². The second kappa shape index (κ2) is 4.05. The van der Waals surface area contributed by atoms with Crippen LogP contribution in [0.4, 0.5) is 0 Å². The lowest BCUT2D eigenvalue weighted by Gasteiger charge is -2.39. The molecular weight excluding hydrogens is 198 g/mol. The third-order valence-electron chi connectivity index (χ3n) is 3.63. The number of carbonyl (C=O) groups is 1. The highest BCUT2D eigenvalue weighted by Crippen LogP contribution is 2.46. The molecule has 0 unspecified atom stereocenters. The van der Waals surface area contributed by atoms with Crippen molar-refractivity contribution < 1.29 is 4.79 Å². The standard InChI is InChI=1S/C14H27NO/c1-13(2,3)11(10-8-9-10)12(16)15(7)14(4,5)6/h10-11H,8-9H2,1-7H3/t11-/m0/s1. The zero-order chi connectivity index (χ0) is 12.7. The van der Waals surface area contributed by atoms with Crippen LogP contribution >= 0.6 is 0 Å². The highest BCUT2D eigenvalue weighted by Gasteiger charge is 2.45. The molecule has 0 spiro atoms. The maximum atomic E-state index is 12.5. The molecule has 0 N–H and O–H groups in total. The van der Waals surface area contributed by atoms with E-state index in [-0.39, 0.29) is 16.9 Å². The lowest BCUT2D eigenvalue weighted by Crippen LogP contribution is -2.48. The maximum absolute atomic E-state index is 12.5. The van der Waals surface area contributed by atoms with Gasteiger partial charge in [0.15, 0.2) is 0 Å². The fraction of sp³-hybridized carbons (Fsp3) is 0.929. The molecule has 0 bridgehead atoms. The zero-order valence-electron chi connectivity index (χ0n) is 11.9. The Kier molecular flexibility index (Phi) is 3.42. The van der Waals surface area contributed by atoms with Crippen molar-refractivity contribution in [2.75, 3.05) is 7.05 Å². The summed E-state index contributed by atoms with van der Waals surface area (Å²) in [6.45, 7) is 12.8. The van der Waals surface area contributed by atoms with E-state index in [2.05, 4.69) is 41.5 Å². The van der Waals surface area contributed by atoms with Gasteiger partial charge in [0.2, 0.25) is 5.91 Å². The first-order chi connectivity index (χ1) is 7.05. The number of hydrogen-bond donors (Lipinski definition) is 0. The van der Waals surface area contributed by atoms with Crippen molar-refractivity contribution >= 4 is 5.91 Å². The Hall–Kier alpha value is -0.530. The molecule has 1 fully saturated rings. The van der Waals surface area contributed by atoms with E-state index in [0.717, 1.165) is 0 Å². The molecule has 0 aromatic heterocycles. The number of amides is 1. The van der Waals surface area contributed by atoms with Crippen LogP contribution < -0.4 is 0 Å². The molecule has 1 rings (SSSR count). The van der Waals surface area contributed by atoms with Gasteiger partial charge in [-0.2, -0.15) is 0 Å². The SMILES string of the molecule is CN(C(=O)[C@H](C1CC1)C(C)(C)C)C(C)(C)C. The Bertz CT molecular complexity index is 265. The molecule has 2 heteroatoms. The molecule has 0 radical (unpaired) electrons. The minimum absolute atomic E-state index is 0.0739. The third kappa shape index (κ3) is 2.99. The minimum Gasteiger partial charge on any atom is -0.341 e. The van der Waals surface area contributed by atoms with Gasteiger partial charge in [0.25, 0.3) is 0 Å². The molecule has 1 atom stereocenters. The van der Waals surface area contributed by atoms with E-state index in [1.807, 2.05) is 11.9 Å². The lowest BCUT2D eigenvalue weighted by molar-refractivity contribution is -0.143. The van der Waals surface area contributed by atoms with Crippen LogP contribution in [0.3, 0.4) is 0 Å². The van der Waals surface area contributed by atoms with Crippen LogP contribution in [0.15, 0.2) is 0 Å².